The molecule has 0 atom stereocenters. The lowest BCUT2D eigenvalue weighted by Crippen LogP contribution is -2.46. The zero-order chi connectivity index (χ0) is 18.3. The third-order valence-corrected chi connectivity index (χ3v) is 3.08. The van der Waals surface area contributed by atoms with Crippen molar-refractivity contribution in [1.82, 2.24) is 0 Å². The van der Waals surface area contributed by atoms with Gasteiger partial charge in [-0.2, -0.15) is 0 Å². The number of terminal acetylenes is 1. The average molecular weight is 387 g/mol. The van der Waals surface area contributed by atoms with Crippen molar-refractivity contribution in [3.8, 4) is 12.3 Å². The summed E-state index contributed by atoms with van der Waals surface area (Å²) in [5.41, 5.74) is -2.98. The summed E-state index contributed by atoms with van der Waals surface area (Å²) in [5.74, 6) is 1.11. The van der Waals surface area contributed by atoms with Crippen LogP contribution in [-0.2, 0) is 19.1 Å². The summed E-state index contributed by atoms with van der Waals surface area (Å²) >= 11 is 3.27. The zero-order valence-corrected chi connectivity index (χ0v) is 16.5. The van der Waals surface area contributed by atoms with Crippen molar-refractivity contribution in [3.05, 3.63) is 12.2 Å². The highest BCUT2D eigenvalue weighted by molar-refractivity contribution is 9.09. The molecule has 0 rings (SSSR count). The minimum Gasteiger partial charge on any atom is -0.459 e. The van der Waals surface area contributed by atoms with Crippen LogP contribution in [0.25, 0.3) is 0 Å². The van der Waals surface area contributed by atoms with E-state index in [1.807, 2.05) is 0 Å². The fraction of sp³-hybridized carbons (Fsp3) is 0.667. The lowest BCUT2D eigenvalue weighted by Gasteiger charge is -2.33. The molecule has 0 fully saturated rings. The molecule has 0 aliphatic rings. The molecule has 0 unspecified atom stereocenters. The van der Waals surface area contributed by atoms with Crippen LogP contribution in [0.15, 0.2) is 12.2 Å². The topological polar surface area (TPSA) is 52.6 Å². The molecule has 0 aromatic carbocycles. The maximum atomic E-state index is 12.7. The third kappa shape index (κ3) is 7.69. The van der Waals surface area contributed by atoms with Gasteiger partial charge in [0.1, 0.15) is 11.2 Å². The second kappa shape index (κ2) is 8.54. The van der Waals surface area contributed by atoms with Gasteiger partial charge in [-0.1, -0.05) is 28.1 Å². The number of carbonyl (C=O) groups excluding carboxylic acids is 2. The molecular formula is C18H27BrO4. The quantitative estimate of drug-likeness (QED) is 0.227. The number of esters is 2. The van der Waals surface area contributed by atoms with Crippen molar-refractivity contribution in [2.24, 2.45) is 5.41 Å². The van der Waals surface area contributed by atoms with Gasteiger partial charge in [0.25, 0.3) is 0 Å². The van der Waals surface area contributed by atoms with Gasteiger partial charge in [-0.3, -0.25) is 9.59 Å². The summed E-state index contributed by atoms with van der Waals surface area (Å²) in [7, 11) is 0. The van der Waals surface area contributed by atoms with Crippen LogP contribution >= 0.6 is 15.9 Å². The number of ether oxygens (including phenoxy) is 2. The van der Waals surface area contributed by atoms with Crippen LogP contribution < -0.4 is 0 Å². The molecule has 0 saturated heterocycles. The van der Waals surface area contributed by atoms with Crippen molar-refractivity contribution in [2.75, 3.05) is 5.33 Å². The Labute approximate surface area is 148 Å². The summed E-state index contributed by atoms with van der Waals surface area (Å²) in [4.78, 5) is 25.5. The number of rotatable bonds is 6. The Morgan fingerprint density at radius 3 is 1.74 bits per heavy atom. The molecule has 0 radical (unpaired) electrons. The number of alkyl halides is 1. The minimum atomic E-state index is -1.53. The summed E-state index contributed by atoms with van der Waals surface area (Å²) in [6.07, 6.45) is 9.02. The Bertz CT molecular complexity index is 459. The predicted molar refractivity (Wildman–Crippen MR) is 95.1 cm³/mol. The van der Waals surface area contributed by atoms with Crippen LogP contribution in [0.5, 0.6) is 0 Å². The van der Waals surface area contributed by atoms with Crippen LogP contribution in [0, 0.1) is 17.8 Å². The third-order valence-electron chi connectivity index (χ3n) is 2.71. The molecule has 0 N–H and O–H groups in total. The van der Waals surface area contributed by atoms with Crippen molar-refractivity contribution in [1.29, 1.82) is 0 Å². The summed E-state index contributed by atoms with van der Waals surface area (Å²) in [6, 6.07) is 0. The number of carbonyl (C=O) groups is 2. The second-order valence-electron chi connectivity index (χ2n) is 7.30. The van der Waals surface area contributed by atoms with Crippen LogP contribution in [0.4, 0.5) is 0 Å². The van der Waals surface area contributed by atoms with Gasteiger partial charge in [-0.25, -0.2) is 0 Å². The number of halogens is 1. The SMILES string of the molecule is C#CCC(C/C=C/CBr)(C(=O)OC(C)(C)C)C(=O)OC(C)(C)C. The summed E-state index contributed by atoms with van der Waals surface area (Å²) in [5, 5.41) is 0.613. The van der Waals surface area contributed by atoms with Gasteiger partial charge < -0.3 is 9.47 Å². The van der Waals surface area contributed by atoms with Crippen molar-refractivity contribution in [2.45, 2.75) is 65.6 Å². The van der Waals surface area contributed by atoms with E-state index in [9.17, 15) is 9.59 Å². The monoisotopic (exact) mass is 386 g/mol. The molecule has 0 bridgehead atoms. The minimum absolute atomic E-state index is 0.0799. The maximum absolute atomic E-state index is 12.7. The van der Waals surface area contributed by atoms with Gasteiger partial charge >= 0.3 is 11.9 Å². The van der Waals surface area contributed by atoms with Crippen molar-refractivity contribution >= 4 is 27.9 Å². The molecule has 0 aliphatic heterocycles. The fourth-order valence-electron chi connectivity index (χ4n) is 1.74. The van der Waals surface area contributed by atoms with Crippen molar-refractivity contribution < 1.29 is 19.1 Å². The van der Waals surface area contributed by atoms with Crippen LogP contribution in [0.2, 0.25) is 0 Å². The van der Waals surface area contributed by atoms with Crippen molar-refractivity contribution in [3.63, 3.8) is 0 Å². The Hall–Kier alpha value is -1.28. The van der Waals surface area contributed by atoms with E-state index >= 15 is 0 Å². The molecule has 0 spiro atoms. The normalized spacial score (nSPS) is 12.8. The van der Waals surface area contributed by atoms with E-state index in [4.69, 9.17) is 15.9 Å². The van der Waals surface area contributed by atoms with Gasteiger partial charge in [0.15, 0.2) is 5.41 Å². The Kier molecular flexibility index (Phi) is 8.06. The molecule has 23 heavy (non-hydrogen) atoms. The first-order chi connectivity index (χ1) is 10.4. The highest BCUT2D eigenvalue weighted by Gasteiger charge is 2.49. The second-order valence-corrected chi connectivity index (χ2v) is 7.94. The molecule has 0 amide bonds. The number of hydrogen-bond donors (Lipinski definition) is 0. The molecule has 4 nitrogen and oxygen atoms in total. The zero-order valence-electron chi connectivity index (χ0n) is 14.9. The van der Waals surface area contributed by atoms with Crippen LogP contribution in [-0.4, -0.2) is 28.5 Å². The highest BCUT2D eigenvalue weighted by atomic mass is 79.9. The van der Waals surface area contributed by atoms with E-state index in [-0.39, 0.29) is 12.8 Å². The predicted octanol–water partition coefficient (Wildman–Crippen LogP) is 4.02. The standard InChI is InChI=1S/C18H27BrO4/c1-8-11-18(12-9-10-13-19,14(20)22-16(2,3)4)15(21)23-17(5,6)7/h1,9-10H,11-13H2,2-7H3/b10-9+. The lowest BCUT2D eigenvalue weighted by molar-refractivity contribution is -0.184. The first-order valence-corrected chi connectivity index (χ1v) is 8.61. The van der Waals surface area contributed by atoms with Gasteiger partial charge in [0.2, 0.25) is 0 Å². The fourth-order valence-corrected chi connectivity index (χ4v) is 2.00. The van der Waals surface area contributed by atoms with Crippen LogP contribution in [0.3, 0.4) is 0 Å². The molecule has 0 aromatic heterocycles. The molecule has 0 saturated carbocycles. The van der Waals surface area contributed by atoms with E-state index in [0.29, 0.717) is 5.33 Å². The van der Waals surface area contributed by atoms with Crippen LogP contribution in [0.1, 0.15) is 54.4 Å². The Morgan fingerprint density at radius 1 is 1.00 bits per heavy atom. The van der Waals surface area contributed by atoms with Gasteiger partial charge in [-0.15, -0.1) is 12.3 Å². The van der Waals surface area contributed by atoms with E-state index in [0.717, 1.165) is 0 Å². The highest BCUT2D eigenvalue weighted by Crippen LogP contribution is 2.34. The molecule has 0 aromatic rings. The maximum Gasteiger partial charge on any atom is 0.325 e. The number of allylic oxidation sites excluding steroid dienone is 2. The summed E-state index contributed by atoms with van der Waals surface area (Å²) < 4.78 is 10.9. The Morgan fingerprint density at radius 2 is 1.43 bits per heavy atom. The van der Waals surface area contributed by atoms with Gasteiger partial charge in [-0.05, 0) is 48.0 Å². The Balaban J connectivity index is 5.77. The molecular weight excluding hydrogens is 360 g/mol. The molecule has 0 heterocycles. The van der Waals surface area contributed by atoms with E-state index in [2.05, 4.69) is 21.9 Å². The first-order valence-electron chi connectivity index (χ1n) is 7.49. The van der Waals surface area contributed by atoms with E-state index in [1.165, 1.54) is 0 Å². The smallest absolute Gasteiger partial charge is 0.325 e. The lowest BCUT2D eigenvalue weighted by atomic mass is 9.80. The van der Waals surface area contributed by atoms with Gasteiger partial charge in [0.05, 0.1) is 0 Å². The van der Waals surface area contributed by atoms with E-state index in [1.54, 1.807) is 53.7 Å². The first kappa shape index (κ1) is 21.7. The molecule has 5 heteroatoms. The van der Waals surface area contributed by atoms with E-state index < -0.39 is 28.6 Å². The summed E-state index contributed by atoms with van der Waals surface area (Å²) in [6.45, 7) is 10.5. The molecule has 130 valence electrons. The van der Waals surface area contributed by atoms with Gasteiger partial charge in [0, 0.05) is 11.8 Å². The number of hydrogen-bond acceptors (Lipinski definition) is 4. The average Bonchev–Trinajstić information content (AvgIpc) is 2.33. The molecule has 0 aliphatic carbocycles. The largest absolute Gasteiger partial charge is 0.459 e.